The van der Waals surface area contributed by atoms with Crippen LogP contribution >= 0.6 is 11.6 Å². The van der Waals surface area contributed by atoms with E-state index in [1.807, 2.05) is 0 Å². The van der Waals surface area contributed by atoms with Crippen LogP contribution in [0, 0.1) is 5.82 Å². The van der Waals surface area contributed by atoms with Crippen molar-refractivity contribution < 1.29 is 9.13 Å². The Hall–Kier alpha value is -0.740. The maximum absolute atomic E-state index is 12.4. The van der Waals surface area contributed by atoms with Gasteiger partial charge >= 0.3 is 0 Å². The summed E-state index contributed by atoms with van der Waals surface area (Å²) in [5.74, 6) is -0.245. The minimum Gasteiger partial charge on any atom is -0.377 e. The second-order valence-electron chi connectivity index (χ2n) is 1.86. The fourth-order valence-electron chi connectivity index (χ4n) is 0.579. The van der Waals surface area contributed by atoms with Gasteiger partial charge in [-0.25, -0.2) is 14.4 Å². The molecule has 0 fully saturated rings. The van der Waals surface area contributed by atoms with E-state index in [4.69, 9.17) is 16.3 Å². The molecule has 11 heavy (non-hydrogen) atoms. The zero-order valence-corrected chi connectivity index (χ0v) is 6.60. The fourth-order valence-corrected chi connectivity index (χ4v) is 0.725. The zero-order valence-electron chi connectivity index (χ0n) is 5.84. The summed E-state index contributed by atoms with van der Waals surface area (Å²) in [5.41, 5.74) is 0. The third-order valence-corrected chi connectivity index (χ3v) is 1.29. The summed E-state index contributed by atoms with van der Waals surface area (Å²) in [6.07, 6.45) is 1.02. The molecule has 60 valence electrons. The van der Waals surface area contributed by atoms with E-state index in [1.54, 1.807) is 0 Å². The predicted octanol–water partition coefficient (Wildman–Crippen LogP) is 1.42. The van der Waals surface area contributed by atoms with Crippen LogP contribution in [0.1, 0.15) is 5.82 Å². The number of nitrogens with zero attached hydrogens (tertiary/aromatic N) is 2. The molecule has 0 saturated carbocycles. The summed E-state index contributed by atoms with van der Waals surface area (Å²) in [6.45, 7) is 0.236. The van der Waals surface area contributed by atoms with Crippen LogP contribution in [0.5, 0.6) is 0 Å². The Morgan fingerprint density at radius 2 is 2.45 bits per heavy atom. The third kappa shape index (κ3) is 2.10. The Labute approximate surface area is 68.2 Å². The van der Waals surface area contributed by atoms with Crippen LogP contribution in [0.4, 0.5) is 4.39 Å². The average Bonchev–Trinajstić information content (AvgIpc) is 1.98. The van der Waals surface area contributed by atoms with E-state index < -0.39 is 5.82 Å². The van der Waals surface area contributed by atoms with Crippen molar-refractivity contribution in [2.24, 2.45) is 0 Å². The number of ether oxygens (including phenoxy) is 1. The number of hydrogen-bond donors (Lipinski definition) is 0. The number of hydrogen-bond acceptors (Lipinski definition) is 3. The first-order valence-electron chi connectivity index (χ1n) is 2.90. The van der Waals surface area contributed by atoms with Crippen molar-refractivity contribution in [3.05, 3.63) is 23.0 Å². The predicted molar refractivity (Wildman–Crippen MR) is 37.7 cm³/mol. The first-order chi connectivity index (χ1) is 5.24. The molecule has 0 unspecified atom stereocenters. The molecule has 0 spiro atoms. The van der Waals surface area contributed by atoms with Gasteiger partial charge in [-0.15, -0.1) is 0 Å². The van der Waals surface area contributed by atoms with Crippen LogP contribution in [-0.2, 0) is 11.3 Å². The van der Waals surface area contributed by atoms with E-state index in [0.29, 0.717) is 5.82 Å². The lowest BCUT2D eigenvalue weighted by atomic mass is 10.5. The largest absolute Gasteiger partial charge is 0.377 e. The van der Waals surface area contributed by atoms with Crippen LogP contribution in [0.2, 0.25) is 5.15 Å². The molecule has 0 amide bonds. The highest BCUT2D eigenvalue weighted by atomic mass is 35.5. The van der Waals surface area contributed by atoms with E-state index in [0.717, 1.165) is 6.20 Å². The molecule has 0 atom stereocenters. The second kappa shape index (κ2) is 3.59. The van der Waals surface area contributed by atoms with Gasteiger partial charge in [-0.05, 0) is 0 Å². The maximum atomic E-state index is 12.4. The van der Waals surface area contributed by atoms with Crippen molar-refractivity contribution in [1.82, 2.24) is 9.97 Å². The standard InChI is InChI=1S/C6H6ClFN2O/c1-11-3-5-9-2-4(8)6(7)10-5/h2H,3H2,1H3. The number of halogens is 2. The first kappa shape index (κ1) is 8.36. The van der Waals surface area contributed by atoms with Crippen molar-refractivity contribution in [2.45, 2.75) is 6.61 Å². The highest BCUT2D eigenvalue weighted by Gasteiger charge is 2.02. The summed E-state index contributed by atoms with van der Waals surface area (Å²) in [4.78, 5) is 7.25. The summed E-state index contributed by atoms with van der Waals surface area (Å²) in [5, 5.41) is -0.174. The van der Waals surface area contributed by atoms with E-state index in [9.17, 15) is 4.39 Å². The molecule has 5 heteroatoms. The molecule has 1 heterocycles. The lowest BCUT2D eigenvalue weighted by Gasteiger charge is -1.97. The number of aromatic nitrogens is 2. The molecule has 0 aromatic carbocycles. The second-order valence-corrected chi connectivity index (χ2v) is 2.22. The van der Waals surface area contributed by atoms with Gasteiger partial charge in [0.05, 0.1) is 6.20 Å². The minimum absolute atomic E-state index is 0.174. The van der Waals surface area contributed by atoms with Gasteiger partial charge in [-0.3, -0.25) is 0 Å². The van der Waals surface area contributed by atoms with Gasteiger partial charge in [0.25, 0.3) is 0 Å². The van der Waals surface area contributed by atoms with Crippen LogP contribution < -0.4 is 0 Å². The van der Waals surface area contributed by atoms with Crippen LogP contribution in [-0.4, -0.2) is 17.1 Å². The molecular weight excluding hydrogens is 171 g/mol. The summed E-state index contributed by atoms with van der Waals surface area (Å²) in [6, 6.07) is 0. The van der Waals surface area contributed by atoms with Crippen molar-refractivity contribution in [3.8, 4) is 0 Å². The van der Waals surface area contributed by atoms with E-state index in [2.05, 4.69) is 9.97 Å². The van der Waals surface area contributed by atoms with Crippen LogP contribution in [0.3, 0.4) is 0 Å². The lowest BCUT2D eigenvalue weighted by molar-refractivity contribution is 0.177. The van der Waals surface area contributed by atoms with Gasteiger partial charge < -0.3 is 4.74 Å². The maximum Gasteiger partial charge on any atom is 0.178 e. The first-order valence-corrected chi connectivity index (χ1v) is 3.27. The monoisotopic (exact) mass is 176 g/mol. The molecule has 1 aromatic rings. The number of methoxy groups -OCH3 is 1. The van der Waals surface area contributed by atoms with Crippen molar-refractivity contribution in [1.29, 1.82) is 0 Å². The highest BCUT2D eigenvalue weighted by Crippen LogP contribution is 2.09. The Morgan fingerprint density at radius 1 is 1.73 bits per heavy atom. The summed E-state index contributed by atoms with van der Waals surface area (Å²) in [7, 11) is 1.50. The molecule has 0 bridgehead atoms. The highest BCUT2D eigenvalue weighted by molar-refractivity contribution is 6.29. The van der Waals surface area contributed by atoms with Crippen molar-refractivity contribution >= 4 is 11.6 Å². The topological polar surface area (TPSA) is 35.0 Å². The molecular formula is C6H6ClFN2O. The molecule has 0 aliphatic carbocycles. The Balaban J connectivity index is 2.86. The molecule has 0 saturated heterocycles. The fraction of sp³-hybridized carbons (Fsp3) is 0.333. The summed E-state index contributed by atoms with van der Waals surface area (Å²) >= 11 is 5.37. The molecule has 3 nitrogen and oxygen atoms in total. The Kier molecular flexibility index (Phi) is 2.73. The van der Waals surface area contributed by atoms with Crippen molar-refractivity contribution in [2.75, 3.05) is 7.11 Å². The minimum atomic E-state index is -0.619. The van der Waals surface area contributed by atoms with Crippen molar-refractivity contribution in [3.63, 3.8) is 0 Å². The Morgan fingerprint density at radius 3 is 3.00 bits per heavy atom. The van der Waals surface area contributed by atoms with Gasteiger partial charge in [0.15, 0.2) is 16.8 Å². The number of rotatable bonds is 2. The smallest absolute Gasteiger partial charge is 0.178 e. The molecule has 1 aromatic heterocycles. The van der Waals surface area contributed by atoms with E-state index in [1.165, 1.54) is 7.11 Å². The van der Waals surface area contributed by atoms with Gasteiger partial charge in [-0.2, -0.15) is 0 Å². The van der Waals surface area contributed by atoms with Gasteiger partial charge in [0.1, 0.15) is 6.61 Å². The van der Waals surface area contributed by atoms with E-state index >= 15 is 0 Å². The molecule has 1 rings (SSSR count). The molecule has 0 radical (unpaired) electrons. The summed E-state index contributed by atoms with van der Waals surface area (Å²) < 4.78 is 17.2. The van der Waals surface area contributed by atoms with Gasteiger partial charge in [-0.1, -0.05) is 11.6 Å². The average molecular weight is 177 g/mol. The normalized spacial score (nSPS) is 10.1. The third-order valence-electron chi connectivity index (χ3n) is 1.02. The quantitative estimate of drug-likeness (QED) is 0.640. The SMILES string of the molecule is COCc1ncc(F)c(Cl)n1. The zero-order chi connectivity index (χ0) is 8.27. The molecule has 0 aliphatic heterocycles. The van der Waals surface area contributed by atoms with Gasteiger partial charge in [0.2, 0.25) is 0 Å². The molecule has 0 aliphatic rings. The molecule has 0 N–H and O–H groups in total. The Bertz CT molecular complexity index is 256. The van der Waals surface area contributed by atoms with Crippen LogP contribution in [0.15, 0.2) is 6.20 Å². The van der Waals surface area contributed by atoms with Gasteiger partial charge in [0, 0.05) is 7.11 Å². The lowest BCUT2D eigenvalue weighted by Crippen LogP contribution is -1.97. The van der Waals surface area contributed by atoms with Crippen LogP contribution in [0.25, 0.3) is 0 Å². The van der Waals surface area contributed by atoms with E-state index in [-0.39, 0.29) is 11.8 Å².